The second kappa shape index (κ2) is 7.22. The van der Waals surface area contributed by atoms with Crippen molar-refractivity contribution in [3.8, 4) is 0 Å². The normalized spacial score (nSPS) is 22.7. The van der Waals surface area contributed by atoms with Crippen LogP contribution in [-0.4, -0.2) is 61.5 Å². The molecule has 8 heteroatoms. The fourth-order valence-electron chi connectivity index (χ4n) is 3.89. The summed E-state index contributed by atoms with van der Waals surface area (Å²) in [6.45, 7) is 5.07. The van der Waals surface area contributed by atoms with Gasteiger partial charge in [-0.1, -0.05) is 6.92 Å². The SMILES string of the molecule is CC(=O)N1CCC(C)(C(=O)N2CCC(S(=O)(=O)c3ccc(F)cc3)C2)CC1. The summed E-state index contributed by atoms with van der Waals surface area (Å²) in [4.78, 5) is 28.0. The zero-order valence-corrected chi connectivity index (χ0v) is 16.5. The Labute approximate surface area is 159 Å². The van der Waals surface area contributed by atoms with Crippen LogP contribution in [0.2, 0.25) is 0 Å². The number of benzene rings is 1. The van der Waals surface area contributed by atoms with Crippen LogP contribution in [-0.2, 0) is 19.4 Å². The molecule has 2 aliphatic heterocycles. The molecule has 148 valence electrons. The summed E-state index contributed by atoms with van der Waals surface area (Å²) in [5, 5.41) is -0.673. The van der Waals surface area contributed by atoms with E-state index in [0.29, 0.717) is 38.9 Å². The van der Waals surface area contributed by atoms with Crippen molar-refractivity contribution in [2.45, 2.75) is 43.3 Å². The van der Waals surface area contributed by atoms with Crippen LogP contribution in [0.15, 0.2) is 29.2 Å². The molecule has 1 aromatic carbocycles. The molecular weight excluding hydrogens is 371 g/mol. The molecule has 2 fully saturated rings. The number of sulfone groups is 1. The van der Waals surface area contributed by atoms with E-state index in [1.165, 1.54) is 19.1 Å². The summed E-state index contributed by atoms with van der Waals surface area (Å²) in [5.41, 5.74) is -0.569. The summed E-state index contributed by atoms with van der Waals surface area (Å²) in [6.07, 6.45) is 1.54. The van der Waals surface area contributed by atoms with Gasteiger partial charge in [0.2, 0.25) is 11.8 Å². The number of nitrogens with zero attached hydrogens (tertiary/aromatic N) is 2. The average molecular weight is 396 g/mol. The number of amides is 2. The molecule has 0 bridgehead atoms. The van der Waals surface area contributed by atoms with E-state index in [1.807, 2.05) is 6.92 Å². The molecule has 0 aliphatic carbocycles. The lowest BCUT2D eigenvalue weighted by Gasteiger charge is -2.40. The van der Waals surface area contributed by atoms with E-state index in [2.05, 4.69) is 0 Å². The Balaban J connectivity index is 1.68. The van der Waals surface area contributed by atoms with Crippen LogP contribution in [0.5, 0.6) is 0 Å². The van der Waals surface area contributed by atoms with Crippen molar-refractivity contribution in [2.24, 2.45) is 5.41 Å². The van der Waals surface area contributed by atoms with E-state index in [9.17, 15) is 22.4 Å². The van der Waals surface area contributed by atoms with Gasteiger partial charge in [0.1, 0.15) is 5.82 Å². The van der Waals surface area contributed by atoms with Crippen molar-refractivity contribution >= 4 is 21.7 Å². The van der Waals surface area contributed by atoms with Gasteiger partial charge in [0.15, 0.2) is 9.84 Å². The van der Waals surface area contributed by atoms with Crippen LogP contribution in [0.3, 0.4) is 0 Å². The maximum Gasteiger partial charge on any atom is 0.228 e. The van der Waals surface area contributed by atoms with Gasteiger partial charge >= 0.3 is 0 Å². The Morgan fingerprint density at radius 3 is 2.22 bits per heavy atom. The molecule has 1 aromatic rings. The van der Waals surface area contributed by atoms with Crippen LogP contribution in [0.1, 0.15) is 33.1 Å². The first-order valence-corrected chi connectivity index (χ1v) is 10.7. The minimum atomic E-state index is -3.61. The highest BCUT2D eigenvalue weighted by molar-refractivity contribution is 7.92. The molecule has 0 N–H and O–H groups in total. The molecule has 0 radical (unpaired) electrons. The topological polar surface area (TPSA) is 74.8 Å². The lowest BCUT2D eigenvalue weighted by molar-refractivity contribution is -0.145. The second-order valence-corrected chi connectivity index (χ2v) is 9.96. The Hall–Kier alpha value is -1.96. The third kappa shape index (κ3) is 3.85. The number of carbonyl (C=O) groups is 2. The number of halogens is 1. The van der Waals surface area contributed by atoms with Gasteiger partial charge < -0.3 is 9.80 Å². The first-order chi connectivity index (χ1) is 12.6. The number of hydrogen-bond acceptors (Lipinski definition) is 4. The Kier molecular flexibility index (Phi) is 5.29. The zero-order chi connectivity index (χ0) is 19.8. The molecule has 6 nitrogen and oxygen atoms in total. The average Bonchev–Trinajstić information content (AvgIpc) is 3.12. The molecule has 1 unspecified atom stereocenters. The molecule has 27 heavy (non-hydrogen) atoms. The fourth-order valence-corrected chi connectivity index (χ4v) is 5.59. The number of likely N-dealkylation sites (tertiary alicyclic amines) is 2. The van der Waals surface area contributed by atoms with Crippen molar-refractivity contribution < 1.29 is 22.4 Å². The molecule has 1 atom stereocenters. The van der Waals surface area contributed by atoms with Gasteiger partial charge in [0.25, 0.3) is 0 Å². The zero-order valence-electron chi connectivity index (χ0n) is 15.7. The van der Waals surface area contributed by atoms with E-state index in [4.69, 9.17) is 0 Å². The molecule has 2 heterocycles. The van der Waals surface area contributed by atoms with E-state index in [-0.39, 0.29) is 23.3 Å². The maximum absolute atomic E-state index is 13.1. The monoisotopic (exact) mass is 396 g/mol. The van der Waals surface area contributed by atoms with Gasteiger partial charge in [-0.3, -0.25) is 9.59 Å². The number of piperidine rings is 1. The molecular formula is C19H25FN2O4S. The minimum Gasteiger partial charge on any atom is -0.343 e. The molecule has 3 rings (SSSR count). The molecule has 0 saturated carbocycles. The Morgan fingerprint density at radius 2 is 1.67 bits per heavy atom. The van der Waals surface area contributed by atoms with Crippen molar-refractivity contribution in [1.29, 1.82) is 0 Å². The number of hydrogen-bond donors (Lipinski definition) is 0. The van der Waals surface area contributed by atoms with Crippen molar-refractivity contribution in [3.63, 3.8) is 0 Å². The summed E-state index contributed by atoms with van der Waals surface area (Å²) in [7, 11) is -3.61. The predicted molar refractivity (Wildman–Crippen MR) is 98.2 cm³/mol. The lowest BCUT2D eigenvalue weighted by Crippen LogP contribution is -2.49. The molecule has 2 amide bonds. The quantitative estimate of drug-likeness (QED) is 0.731. The van der Waals surface area contributed by atoms with E-state index in [1.54, 1.807) is 9.80 Å². The van der Waals surface area contributed by atoms with Crippen LogP contribution in [0.4, 0.5) is 4.39 Å². The number of carbonyl (C=O) groups excluding carboxylic acids is 2. The third-order valence-corrected chi connectivity index (χ3v) is 8.03. The largest absolute Gasteiger partial charge is 0.343 e. The summed E-state index contributed by atoms with van der Waals surface area (Å²) in [5.74, 6) is -0.513. The van der Waals surface area contributed by atoms with Crippen molar-refractivity contribution in [1.82, 2.24) is 9.80 Å². The van der Waals surface area contributed by atoms with E-state index < -0.39 is 26.3 Å². The number of rotatable bonds is 3. The fraction of sp³-hybridized carbons (Fsp3) is 0.579. The molecule has 2 aliphatic rings. The maximum atomic E-state index is 13.1. The standard InChI is InChI=1S/C19H25FN2O4S/c1-14(23)21-11-8-19(2,9-12-21)18(24)22-10-7-17(13-22)27(25,26)16-5-3-15(20)4-6-16/h3-6,17H,7-13H2,1-2H3. The van der Waals surface area contributed by atoms with Crippen LogP contribution in [0.25, 0.3) is 0 Å². The highest BCUT2D eigenvalue weighted by atomic mass is 32.2. The van der Waals surface area contributed by atoms with E-state index in [0.717, 1.165) is 12.1 Å². The summed E-state index contributed by atoms with van der Waals surface area (Å²) < 4.78 is 38.6. The first kappa shape index (κ1) is 19.8. The molecule has 0 spiro atoms. The Morgan fingerprint density at radius 1 is 1.07 bits per heavy atom. The highest BCUT2D eigenvalue weighted by Crippen LogP contribution is 2.35. The van der Waals surface area contributed by atoms with Crippen molar-refractivity contribution in [2.75, 3.05) is 26.2 Å². The lowest BCUT2D eigenvalue weighted by atomic mass is 9.79. The third-order valence-electron chi connectivity index (χ3n) is 5.84. The highest BCUT2D eigenvalue weighted by Gasteiger charge is 2.44. The van der Waals surface area contributed by atoms with Gasteiger partial charge in [0.05, 0.1) is 10.1 Å². The predicted octanol–water partition coefficient (Wildman–Crippen LogP) is 1.85. The van der Waals surface area contributed by atoms with E-state index >= 15 is 0 Å². The summed E-state index contributed by atoms with van der Waals surface area (Å²) >= 11 is 0. The minimum absolute atomic E-state index is 0.0103. The second-order valence-electron chi connectivity index (χ2n) is 7.73. The first-order valence-electron chi connectivity index (χ1n) is 9.18. The van der Waals surface area contributed by atoms with Gasteiger partial charge in [-0.05, 0) is 43.5 Å². The van der Waals surface area contributed by atoms with Gasteiger partial charge in [0, 0.05) is 38.5 Å². The molecule has 0 aromatic heterocycles. The summed E-state index contributed by atoms with van der Waals surface area (Å²) in [6, 6.07) is 4.81. The van der Waals surface area contributed by atoms with Crippen LogP contribution < -0.4 is 0 Å². The van der Waals surface area contributed by atoms with Crippen molar-refractivity contribution in [3.05, 3.63) is 30.1 Å². The van der Waals surface area contributed by atoms with Gasteiger partial charge in [-0.2, -0.15) is 0 Å². The smallest absolute Gasteiger partial charge is 0.228 e. The van der Waals surface area contributed by atoms with Crippen LogP contribution in [0, 0.1) is 11.2 Å². The van der Waals surface area contributed by atoms with Gasteiger partial charge in [-0.25, -0.2) is 12.8 Å². The van der Waals surface area contributed by atoms with Crippen LogP contribution >= 0.6 is 0 Å². The Bertz CT molecular complexity index is 830. The van der Waals surface area contributed by atoms with Gasteiger partial charge in [-0.15, -0.1) is 0 Å². The molecule has 2 saturated heterocycles.